The lowest BCUT2D eigenvalue weighted by molar-refractivity contribution is 0.0514. The van der Waals surface area contributed by atoms with E-state index in [-0.39, 0.29) is 29.9 Å². The topological polar surface area (TPSA) is 188 Å². The molecule has 5 rings (SSSR count). The molecule has 3 heterocycles. The Morgan fingerprint density at radius 1 is 0.807 bits per heavy atom. The van der Waals surface area contributed by atoms with Crippen LogP contribution >= 0.6 is 11.3 Å². The molecule has 0 bridgehead atoms. The molecular formula is C42H50N6O8S. The molecule has 1 aliphatic rings. The predicted octanol–water partition coefficient (Wildman–Crippen LogP) is 7.48. The van der Waals surface area contributed by atoms with Gasteiger partial charge in [0.25, 0.3) is 11.8 Å². The Balaban J connectivity index is 1.55. The highest BCUT2D eigenvalue weighted by Gasteiger charge is 2.28. The largest absolute Gasteiger partial charge is 0.476 e. The van der Waals surface area contributed by atoms with Gasteiger partial charge in [0.1, 0.15) is 16.9 Å². The Hall–Kier alpha value is -5.96. The van der Waals surface area contributed by atoms with Crippen LogP contribution in [0.1, 0.15) is 97.3 Å². The molecule has 57 heavy (non-hydrogen) atoms. The van der Waals surface area contributed by atoms with E-state index in [9.17, 15) is 29.1 Å². The van der Waals surface area contributed by atoms with E-state index in [1.165, 1.54) is 23.5 Å². The maximum atomic E-state index is 14.4. The number of fused-ring (bicyclic) bond motifs is 3. The lowest BCUT2D eigenvalue weighted by atomic mass is 9.92. The number of carbonyl (C=O) groups is 5. The zero-order valence-electron chi connectivity index (χ0n) is 33.3. The van der Waals surface area contributed by atoms with Crippen molar-refractivity contribution in [2.75, 3.05) is 36.4 Å². The first-order chi connectivity index (χ1) is 26.9. The normalized spacial score (nSPS) is 12.4. The number of nitrogens with one attached hydrogen (secondary N) is 4. The fraction of sp³-hybridized carbons (Fsp3) is 0.381. The monoisotopic (exact) mass is 798 g/mol. The van der Waals surface area contributed by atoms with Gasteiger partial charge in [-0.1, -0.05) is 19.1 Å². The number of carboxylic acid groups (broad SMARTS) is 1. The molecule has 15 heteroatoms. The van der Waals surface area contributed by atoms with E-state index in [1.807, 2.05) is 18.4 Å². The lowest BCUT2D eigenvalue weighted by Crippen LogP contribution is -2.38. The predicted molar refractivity (Wildman–Crippen MR) is 220 cm³/mol. The van der Waals surface area contributed by atoms with E-state index in [0.717, 1.165) is 27.3 Å². The number of anilines is 2. The molecule has 4 amide bonds. The molecule has 2 aromatic carbocycles. The number of ether oxygens (including phenoxy) is 2. The Morgan fingerprint density at radius 3 is 2.14 bits per heavy atom. The van der Waals surface area contributed by atoms with Crippen LogP contribution in [0.2, 0.25) is 0 Å². The number of nitrogens with zero attached hydrogens (tertiary/aromatic N) is 2. The van der Waals surface area contributed by atoms with Gasteiger partial charge in [-0.15, -0.1) is 11.3 Å². The van der Waals surface area contributed by atoms with E-state index >= 15 is 0 Å². The Labute approximate surface area is 336 Å². The van der Waals surface area contributed by atoms with Gasteiger partial charge in [0.05, 0.1) is 0 Å². The second kappa shape index (κ2) is 17.9. The number of carboxylic acids is 1. The van der Waals surface area contributed by atoms with Gasteiger partial charge in [-0.05, 0) is 119 Å². The number of benzene rings is 2. The van der Waals surface area contributed by atoms with Gasteiger partial charge < -0.3 is 40.7 Å². The summed E-state index contributed by atoms with van der Waals surface area (Å²) in [5, 5.41) is 23.6. The molecule has 2 aromatic heterocycles. The Kier molecular flexibility index (Phi) is 13.2. The molecule has 0 fully saturated rings. The van der Waals surface area contributed by atoms with E-state index in [4.69, 9.17) is 9.47 Å². The minimum Gasteiger partial charge on any atom is -0.476 e. The Bertz CT molecular complexity index is 2140. The third-order valence-electron chi connectivity index (χ3n) is 8.62. The summed E-state index contributed by atoms with van der Waals surface area (Å²) in [6.07, 6.45) is 0.282. The molecular weight excluding hydrogens is 749 g/mol. The molecule has 5 N–H and O–H groups in total. The molecule has 302 valence electrons. The first kappa shape index (κ1) is 42.2. The van der Waals surface area contributed by atoms with Crippen LogP contribution in [-0.2, 0) is 22.4 Å². The van der Waals surface area contributed by atoms with Gasteiger partial charge in [0, 0.05) is 65.7 Å². The summed E-state index contributed by atoms with van der Waals surface area (Å²) in [6.45, 7) is 14.4. The average Bonchev–Trinajstić information content (AvgIpc) is 3.56. The summed E-state index contributed by atoms with van der Waals surface area (Å²) in [5.74, 6) is -2.38. The second-order valence-electron chi connectivity index (χ2n) is 15.5. The zero-order chi connectivity index (χ0) is 41.5. The van der Waals surface area contributed by atoms with Gasteiger partial charge >= 0.3 is 18.2 Å². The molecule has 0 saturated heterocycles. The van der Waals surface area contributed by atoms with Crippen molar-refractivity contribution in [1.82, 2.24) is 20.9 Å². The summed E-state index contributed by atoms with van der Waals surface area (Å²) >= 11 is 1.54. The SMILES string of the molecule is CCCNC(=O)c1ccc(-c2cc3c(cc2C(=O)Nc2ccc(CNC(=O)OC(C)(C)C)cc2)-c2sccc2CCN3CCNC(=O)OC(C)(C)C)c(C(=O)O)n1. The first-order valence-electron chi connectivity index (χ1n) is 18.8. The number of aromatic nitrogens is 1. The van der Waals surface area contributed by atoms with Crippen LogP contribution in [0.3, 0.4) is 0 Å². The first-order valence-corrected chi connectivity index (χ1v) is 19.7. The van der Waals surface area contributed by atoms with E-state index in [0.29, 0.717) is 43.7 Å². The van der Waals surface area contributed by atoms with Crippen LogP contribution in [0.15, 0.2) is 60.0 Å². The summed E-state index contributed by atoms with van der Waals surface area (Å²) in [7, 11) is 0. The van der Waals surface area contributed by atoms with Crippen molar-refractivity contribution < 1.29 is 38.6 Å². The van der Waals surface area contributed by atoms with Crippen LogP contribution in [-0.4, -0.2) is 77.4 Å². The van der Waals surface area contributed by atoms with E-state index < -0.39 is 46.9 Å². The zero-order valence-corrected chi connectivity index (χ0v) is 34.1. The fourth-order valence-corrected chi connectivity index (χ4v) is 7.09. The number of amides is 4. The van der Waals surface area contributed by atoms with Crippen LogP contribution < -0.4 is 26.2 Å². The minimum atomic E-state index is -1.37. The van der Waals surface area contributed by atoms with Crippen molar-refractivity contribution in [2.45, 2.75) is 79.1 Å². The van der Waals surface area contributed by atoms with Crippen LogP contribution in [0.4, 0.5) is 21.0 Å². The Morgan fingerprint density at radius 2 is 1.49 bits per heavy atom. The van der Waals surface area contributed by atoms with Crippen molar-refractivity contribution in [1.29, 1.82) is 0 Å². The van der Waals surface area contributed by atoms with Crippen LogP contribution in [0, 0.1) is 0 Å². The number of hydrogen-bond donors (Lipinski definition) is 5. The van der Waals surface area contributed by atoms with E-state index in [1.54, 1.807) is 77.9 Å². The van der Waals surface area contributed by atoms with Crippen molar-refractivity contribution in [3.63, 3.8) is 0 Å². The van der Waals surface area contributed by atoms with Gasteiger partial charge in [-0.25, -0.2) is 19.4 Å². The standard InChI is InChI=1S/C42H50N6O8S/c1-8-17-43-37(50)32-14-13-28(34(47-32)38(51)52)29-23-33-31(35-26(16-21-57-35)15-19-48(33)20-18-44-39(53)55-41(2,3)4)22-30(29)36(49)46-27-11-9-25(10-12-27)24-45-40(54)56-42(5,6)7/h9-14,16,21-23H,8,15,17-20,24H2,1-7H3,(H,43,50)(H,44,53)(H,45,54)(H,46,49)(H,51,52). The van der Waals surface area contributed by atoms with E-state index in [2.05, 4.69) is 31.2 Å². The van der Waals surface area contributed by atoms with Crippen molar-refractivity contribution in [2.24, 2.45) is 0 Å². The number of rotatable bonds is 12. The number of aromatic carboxylic acids is 1. The molecule has 0 spiro atoms. The third kappa shape index (κ3) is 11.3. The summed E-state index contributed by atoms with van der Waals surface area (Å²) in [5.41, 5.74) is 2.70. The smallest absolute Gasteiger partial charge is 0.407 e. The summed E-state index contributed by atoms with van der Waals surface area (Å²) < 4.78 is 10.7. The van der Waals surface area contributed by atoms with Crippen molar-refractivity contribution in [3.05, 3.63) is 88.1 Å². The summed E-state index contributed by atoms with van der Waals surface area (Å²) in [4.78, 5) is 72.0. The third-order valence-corrected chi connectivity index (χ3v) is 9.61. The van der Waals surface area contributed by atoms with Crippen LogP contribution in [0.25, 0.3) is 21.6 Å². The maximum absolute atomic E-state index is 14.4. The number of alkyl carbamates (subject to hydrolysis) is 2. The number of thiophene rings is 1. The quantitative estimate of drug-likeness (QED) is 0.0962. The average molecular weight is 799 g/mol. The highest BCUT2D eigenvalue weighted by atomic mass is 32.1. The molecule has 4 aromatic rings. The van der Waals surface area contributed by atoms with Gasteiger partial charge in [-0.3, -0.25) is 9.59 Å². The summed E-state index contributed by atoms with van der Waals surface area (Å²) in [6, 6.07) is 15.5. The fourth-order valence-electron chi connectivity index (χ4n) is 6.11. The molecule has 0 radical (unpaired) electrons. The molecule has 0 saturated carbocycles. The minimum absolute atomic E-state index is 0.0651. The maximum Gasteiger partial charge on any atom is 0.407 e. The van der Waals surface area contributed by atoms with Gasteiger partial charge in [-0.2, -0.15) is 0 Å². The second-order valence-corrected chi connectivity index (χ2v) is 16.4. The van der Waals surface area contributed by atoms with Crippen molar-refractivity contribution >= 4 is 52.7 Å². The van der Waals surface area contributed by atoms with Crippen LogP contribution in [0.5, 0.6) is 0 Å². The highest BCUT2D eigenvalue weighted by Crippen LogP contribution is 2.44. The molecule has 1 aliphatic heterocycles. The molecule has 14 nitrogen and oxygen atoms in total. The number of pyridine rings is 1. The highest BCUT2D eigenvalue weighted by molar-refractivity contribution is 7.13. The van der Waals surface area contributed by atoms with Gasteiger partial charge in [0.2, 0.25) is 0 Å². The van der Waals surface area contributed by atoms with Gasteiger partial charge in [0.15, 0.2) is 5.69 Å². The molecule has 0 atom stereocenters. The number of carbonyl (C=O) groups excluding carboxylic acids is 4. The molecule has 0 unspecified atom stereocenters. The number of hydrogen-bond acceptors (Lipinski definition) is 10. The lowest BCUT2D eigenvalue weighted by Gasteiger charge is -2.27. The molecule has 0 aliphatic carbocycles. The van der Waals surface area contributed by atoms with Crippen molar-refractivity contribution in [3.8, 4) is 21.6 Å².